The van der Waals surface area contributed by atoms with Gasteiger partial charge >= 0.3 is 5.97 Å². The van der Waals surface area contributed by atoms with Crippen LogP contribution in [0.1, 0.15) is 42.7 Å². The van der Waals surface area contributed by atoms with Crippen molar-refractivity contribution in [3.05, 3.63) is 35.4 Å². The summed E-state index contributed by atoms with van der Waals surface area (Å²) in [4.78, 5) is 11.9. The molecule has 98 valence electrons. The second kappa shape index (κ2) is 6.37. The van der Waals surface area contributed by atoms with Gasteiger partial charge in [0.2, 0.25) is 0 Å². The molecule has 0 unspecified atom stereocenters. The highest BCUT2D eigenvalue weighted by atomic mass is 79.9. The third kappa shape index (κ3) is 2.94. The number of esters is 1. The summed E-state index contributed by atoms with van der Waals surface area (Å²) in [6.45, 7) is 0. The first-order valence-corrected chi connectivity index (χ1v) is 7.61. The quantitative estimate of drug-likeness (QED) is 0.622. The molecule has 3 heteroatoms. The van der Waals surface area contributed by atoms with Crippen molar-refractivity contribution < 1.29 is 9.53 Å². The first-order chi connectivity index (χ1) is 8.76. The highest BCUT2D eigenvalue weighted by Gasteiger charge is 2.32. The predicted octanol–water partition coefficient (Wildman–Crippen LogP) is 4.03. The van der Waals surface area contributed by atoms with E-state index in [1.807, 2.05) is 0 Å². The molecule has 0 N–H and O–H groups in total. The summed E-state index contributed by atoms with van der Waals surface area (Å²) >= 11 is 3.48. The zero-order valence-electron chi connectivity index (χ0n) is 10.7. The van der Waals surface area contributed by atoms with Crippen LogP contribution in [0.4, 0.5) is 0 Å². The molecule has 1 saturated carbocycles. The number of halogens is 1. The second-order valence-corrected chi connectivity index (χ2v) is 5.46. The molecule has 1 aliphatic rings. The molecular formula is C15H19BrO2. The van der Waals surface area contributed by atoms with Gasteiger partial charge in [0.25, 0.3) is 0 Å². The molecule has 2 rings (SSSR count). The van der Waals surface area contributed by atoms with E-state index in [0.29, 0.717) is 5.92 Å². The van der Waals surface area contributed by atoms with Crippen molar-refractivity contribution in [2.24, 2.45) is 5.92 Å². The van der Waals surface area contributed by atoms with Gasteiger partial charge in [-0.3, -0.25) is 4.79 Å². The van der Waals surface area contributed by atoms with Crippen LogP contribution in [-0.2, 0) is 14.9 Å². The average Bonchev–Trinajstić information content (AvgIpc) is 2.46. The third-order valence-electron chi connectivity index (χ3n) is 3.80. The van der Waals surface area contributed by atoms with Crippen LogP contribution in [0.25, 0.3) is 0 Å². The van der Waals surface area contributed by atoms with E-state index in [0.717, 1.165) is 24.6 Å². The first kappa shape index (κ1) is 13.6. The lowest BCUT2D eigenvalue weighted by molar-refractivity contribution is -0.147. The molecule has 0 saturated heterocycles. The van der Waals surface area contributed by atoms with Gasteiger partial charge in [-0.15, -0.1) is 0 Å². The number of rotatable bonds is 3. The van der Waals surface area contributed by atoms with Gasteiger partial charge in [-0.2, -0.15) is 0 Å². The van der Waals surface area contributed by atoms with Crippen LogP contribution in [0.2, 0.25) is 0 Å². The molecule has 2 atom stereocenters. The number of hydrogen-bond acceptors (Lipinski definition) is 2. The van der Waals surface area contributed by atoms with Crippen molar-refractivity contribution in [1.82, 2.24) is 0 Å². The molecule has 0 spiro atoms. The van der Waals surface area contributed by atoms with Crippen molar-refractivity contribution in [2.75, 3.05) is 7.11 Å². The Hall–Kier alpha value is -0.830. The monoisotopic (exact) mass is 310 g/mol. The second-order valence-electron chi connectivity index (χ2n) is 4.90. The van der Waals surface area contributed by atoms with Gasteiger partial charge in [0, 0.05) is 5.33 Å². The summed E-state index contributed by atoms with van der Waals surface area (Å²) in [6.07, 6.45) is 4.38. The van der Waals surface area contributed by atoms with Crippen molar-refractivity contribution in [3.8, 4) is 0 Å². The standard InChI is InChI=1S/C15H19BrO2/c1-18-15(17)14-8-3-2-7-13(14)12-6-4-5-11(9-12)10-16/h4-6,9,13-14H,2-3,7-8,10H2,1H3/t13-,14-/m0/s1. The van der Waals surface area contributed by atoms with Gasteiger partial charge < -0.3 is 4.74 Å². The van der Waals surface area contributed by atoms with Crippen LogP contribution < -0.4 is 0 Å². The smallest absolute Gasteiger partial charge is 0.309 e. The molecule has 2 nitrogen and oxygen atoms in total. The van der Waals surface area contributed by atoms with Gasteiger partial charge in [0.05, 0.1) is 13.0 Å². The SMILES string of the molecule is COC(=O)[C@H]1CCCC[C@H]1c1cccc(CBr)c1. The Kier molecular flexibility index (Phi) is 4.81. The fraction of sp³-hybridized carbons (Fsp3) is 0.533. The summed E-state index contributed by atoms with van der Waals surface area (Å²) in [6, 6.07) is 8.53. The van der Waals surface area contributed by atoms with Gasteiger partial charge in [0.1, 0.15) is 0 Å². The Bertz CT molecular complexity index is 417. The summed E-state index contributed by atoms with van der Waals surface area (Å²) < 4.78 is 4.95. The van der Waals surface area contributed by atoms with E-state index >= 15 is 0 Å². The average molecular weight is 311 g/mol. The van der Waals surface area contributed by atoms with Crippen LogP contribution in [0, 0.1) is 5.92 Å². The van der Waals surface area contributed by atoms with Gasteiger partial charge in [-0.1, -0.05) is 53.0 Å². The van der Waals surface area contributed by atoms with E-state index in [9.17, 15) is 4.79 Å². The molecular weight excluding hydrogens is 292 g/mol. The summed E-state index contributed by atoms with van der Waals surface area (Å²) in [5, 5.41) is 0.858. The highest BCUT2D eigenvalue weighted by Crippen LogP contribution is 2.38. The predicted molar refractivity (Wildman–Crippen MR) is 75.8 cm³/mol. The van der Waals surface area contributed by atoms with Gasteiger partial charge in [-0.05, 0) is 29.9 Å². The molecule has 1 fully saturated rings. The van der Waals surface area contributed by atoms with E-state index in [1.54, 1.807) is 0 Å². The molecule has 18 heavy (non-hydrogen) atoms. The molecule has 0 heterocycles. The summed E-state index contributed by atoms with van der Waals surface area (Å²) in [7, 11) is 1.49. The van der Waals surface area contributed by atoms with Gasteiger partial charge in [0.15, 0.2) is 0 Å². The molecule has 0 aliphatic heterocycles. The number of hydrogen-bond donors (Lipinski definition) is 0. The number of alkyl halides is 1. The summed E-state index contributed by atoms with van der Waals surface area (Å²) in [5.41, 5.74) is 2.55. The number of carbonyl (C=O) groups excluding carboxylic acids is 1. The first-order valence-electron chi connectivity index (χ1n) is 6.49. The zero-order chi connectivity index (χ0) is 13.0. The van der Waals surface area contributed by atoms with Crippen LogP contribution >= 0.6 is 15.9 Å². The number of carbonyl (C=O) groups is 1. The molecule has 1 aromatic carbocycles. The normalized spacial score (nSPS) is 23.7. The number of benzene rings is 1. The molecule has 1 aliphatic carbocycles. The van der Waals surface area contributed by atoms with Gasteiger partial charge in [-0.25, -0.2) is 0 Å². The maximum Gasteiger partial charge on any atom is 0.309 e. The molecule has 0 bridgehead atoms. The minimum Gasteiger partial charge on any atom is -0.469 e. The number of ether oxygens (including phenoxy) is 1. The number of methoxy groups -OCH3 is 1. The lowest BCUT2D eigenvalue weighted by Crippen LogP contribution is -2.26. The Morgan fingerprint density at radius 2 is 2.17 bits per heavy atom. The van der Waals surface area contributed by atoms with E-state index in [1.165, 1.54) is 24.7 Å². The fourth-order valence-corrected chi connectivity index (χ4v) is 3.22. The van der Waals surface area contributed by atoms with Crippen LogP contribution in [0.3, 0.4) is 0 Å². The highest BCUT2D eigenvalue weighted by molar-refractivity contribution is 9.08. The maximum absolute atomic E-state index is 11.9. The minimum absolute atomic E-state index is 0.0364. The third-order valence-corrected chi connectivity index (χ3v) is 4.45. The lowest BCUT2D eigenvalue weighted by Gasteiger charge is -2.30. The van der Waals surface area contributed by atoms with Crippen LogP contribution in [0.5, 0.6) is 0 Å². The molecule has 0 aromatic heterocycles. The zero-order valence-corrected chi connectivity index (χ0v) is 12.3. The van der Waals surface area contributed by atoms with Crippen LogP contribution in [0.15, 0.2) is 24.3 Å². The topological polar surface area (TPSA) is 26.3 Å². The maximum atomic E-state index is 11.9. The van der Waals surface area contributed by atoms with E-state index in [2.05, 4.69) is 40.2 Å². The Labute approximate surface area is 117 Å². The van der Waals surface area contributed by atoms with Crippen LogP contribution in [-0.4, -0.2) is 13.1 Å². The Morgan fingerprint density at radius 3 is 2.89 bits per heavy atom. The Balaban J connectivity index is 2.24. The Morgan fingerprint density at radius 1 is 1.39 bits per heavy atom. The minimum atomic E-state index is -0.0519. The summed E-state index contributed by atoms with van der Waals surface area (Å²) in [5.74, 6) is 0.309. The van der Waals surface area contributed by atoms with Crippen molar-refractivity contribution in [2.45, 2.75) is 36.9 Å². The van der Waals surface area contributed by atoms with Crippen molar-refractivity contribution in [1.29, 1.82) is 0 Å². The molecule has 0 radical (unpaired) electrons. The van der Waals surface area contributed by atoms with E-state index in [-0.39, 0.29) is 11.9 Å². The fourth-order valence-electron chi connectivity index (χ4n) is 2.87. The van der Waals surface area contributed by atoms with E-state index < -0.39 is 0 Å². The lowest BCUT2D eigenvalue weighted by atomic mass is 9.75. The van der Waals surface area contributed by atoms with E-state index in [4.69, 9.17) is 4.74 Å². The molecule has 0 amide bonds. The largest absolute Gasteiger partial charge is 0.469 e. The van der Waals surface area contributed by atoms with Crippen molar-refractivity contribution in [3.63, 3.8) is 0 Å². The van der Waals surface area contributed by atoms with Crippen molar-refractivity contribution >= 4 is 21.9 Å². The molecule has 1 aromatic rings.